The Balaban J connectivity index is 2.25. The molecule has 1 saturated carbocycles. The molecule has 1 fully saturated rings. The van der Waals surface area contributed by atoms with Gasteiger partial charge in [0.25, 0.3) is 0 Å². The zero-order valence-corrected chi connectivity index (χ0v) is 9.59. The van der Waals surface area contributed by atoms with E-state index in [2.05, 4.69) is 18.7 Å². The minimum atomic E-state index is 0.379. The first-order valence-corrected chi connectivity index (χ1v) is 6.03. The summed E-state index contributed by atoms with van der Waals surface area (Å²) in [5, 5.41) is 0. The zero-order valence-electron chi connectivity index (χ0n) is 9.59. The summed E-state index contributed by atoms with van der Waals surface area (Å²) < 4.78 is 0. The highest BCUT2D eigenvalue weighted by Crippen LogP contribution is 2.23. The topological polar surface area (TPSA) is 20.3 Å². The highest BCUT2D eigenvalue weighted by atomic mass is 16.1. The SMILES string of the molecule is CCN(CC)CCC1CCCCC1=O. The van der Waals surface area contributed by atoms with Crippen LogP contribution in [0, 0.1) is 5.92 Å². The van der Waals surface area contributed by atoms with Crippen LogP contribution < -0.4 is 0 Å². The van der Waals surface area contributed by atoms with Crippen LogP contribution in [0.5, 0.6) is 0 Å². The minimum absolute atomic E-state index is 0.379. The number of rotatable bonds is 5. The average Bonchev–Trinajstić information content (AvgIpc) is 2.22. The molecular weight excluding hydrogens is 174 g/mol. The predicted molar refractivity (Wildman–Crippen MR) is 59.4 cm³/mol. The molecule has 2 nitrogen and oxygen atoms in total. The maximum atomic E-state index is 11.6. The van der Waals surface area contributed by atoms with E-state index in [0.717, 1.165) is 45.3 Å². The molecule has 0 aromatic rings. The Bertz CT molecular complexity index is 175. The van der Waals surface area contributed by atoms with E-state index in [1.807, 2.05) is 0 Å². The lowest BCUT2D eigenvalue weighted by molar-refractivity contribution is -0.124. The smallest absolute Gasteiger partial charge is 0.136 e. The second kappa shape index (κ2) is 6.18. The number of carbonyl (C=O) groups is 1. The molecule has 0 amide bonds. The Labute approximate surface area is 87.7 Å². The molecule has 1 rings (SSSR count). The van der Waals surface area contributed by atoms with Gasteiger partial charge in [0.05, 0.1) is 0 Å². The zero-order chi connectivity index (χ0) is 10.4. The predicted octanol–water partition coefficient (Wildman–Crippen LogP) is 2.48. The van der Waals surface area contributed by atoms with E-state index in [9.17, 15) is 4.79 Å². The van der Waals surface area contributed by atoms with Crippen molar-refractivity contribution in [1.29, 1.82) is 0 Å². The number of nitrogens with zero attached hydrogens (tertiary/aromatic N) is 1. The van der Waals surface area contributed by atoms with Crippen molar-refractivity contribution >= 4 is 5.78 Å². The van der Waals surface area contributed by atoms with E-state index in [-0.39, 0.29) is 0 Å². The molecule has 1 aliphatic rings. The Morgan fingerprint density at radius 1 is 1.29 bits per heavy atom. The Hall–Kier alpha value is -0.370. The summed E-state index contributed by atoms with van der Waals surface area (Å²) in [4.78, 5) is 14.0. The summed E-state index contributed by atoms with van der Waals surface area (Å²) >= 11 is 0. The summed E-state index contributed by atoms with van der Waals surface area (Å²) in [7, 11) is 0. The first kappa shape index (κ1) is 11.7. The van der Waals surface area contributed by atoms with Crippen molar-refractivity contribution in [3.63, 3.8) is 0 Å². The average molecular weight is 197 g/mol. The van der Waals surface area contributed by atoms with Crippen molar-refractivity contribution in [2.75, 3.05) is 19.6 Å². The quantitative estimate of drug-likeness (QED) is 0.675. The van der Waals surface area contributed by atoms with E-state index in [0.29, 0.717) is 11.7 Å². The molecule has 0 aromatic heterocycles. The van der Waals surface area contributed by atoms with Crippen LogP contribution in [-0.4, -0.2) is 30.3 Å². The van der Waals surface area contributed by atoms with Gasteiger partial charge in [-0.2, -0.15) is 0 Å². The molecule has 1 aliphatic carbocycles. The Morgan fingerprint density at radius 3 is 2.57 bits per heavy atom. The lowest BCUT2D eigenvalue weighted by atomic mass is 9.85. The summed E-state index contributed by atoms with van der Waals surface area (Å²) in [5.41, 5.74) is 0. The van der Waals surface area contributed by atoms with Gasteiger partial charge in [-0.1, -0.05) is 20.3 Å². The summed E-state index contributed by atoms with van der Waals surface area (Å²) in [6.45, 7) is 7.69. The minimum Gasteiger partial charge on any atom is -0.304 e. The molecule has 14 heavy (non-hydrogen) atoms. The van der Waals surface area contributed by atoms with Crippen LogP contribution in [0.3, 0.4) is 0 Å². The third-order valence-corrected chi connectivity index (χ3v) is 3.37. The van der Waals surface area contributed by atoms with Gasteiger partial charge in [0.15, 0.2) is 0 Å². The van der Waals surface area contributed by atoms with Crippen LogP contribution in [0.25, 0.3) is 0 Å². The summed E-state index contributed by atoms with van der Waals surface area (Å²) in [6, 6.07) is 0. The van der Waals surface area contributed by atoms with Crippen molar-refractivity contribution in [2.45, 2.75) is 46.0 Å². The van der Waals surface area contributed by atoms with Gasteiger partial charge in [0.1, 0.15) is 5.78 Å². The van der Waals surface area contributed by atoms with Gasteiger partial charge >= 0.3 is 0 Å². The number of Topliss-reactive ketones (excluding diaryl/α,β-unsaturated/α-hetero) is 1. The van der Waals surface area contributed by atoms with Crippen molar-refractivity contribution in [3.05, 3.63) is 0 Å². The van der Waals surface area contributed by atoms with E-state index in [1.165, 1.54) is 6.42 Å². The summed E-state index contributed by atoms with van der Waals surface area (Å²) in [5.74, 6) is 0.896. The monoisotopic (exact) mass is 197 g/mol. The molecule has 0 saturated heterocycles. The van der Waals surface area contributed by atoms with Gasteiger partial charge in [-0.3, -0.25) is 4.79 Å². The second-order valence-electron chi connectivity index (χ2n) is 4.22. The fourth-order valence-electron chi connectivity index (χ4n) is 2.24. The molecule has 0 aromatic carbocycles. The van der Waals surface area contributed by atoms with Crippen LogP contribution in [0.1, 0.15) is 46.0 Å². The van der Waals surface area contributed by atoms with E-state index < -0.39 is 0 Å². The van der Waals surface area contributed by atoms with E-state index in [4.69, 9.17) is 0 Å². The maximum absolute atomic E-state index is 11.6. The molecule has 82 valence electrons. The van der Waals surface area contributed by atoms with Crippen LogP contribution in [0.15, 0.2) is 0 Å². The van der Waals surface area contributed by atoms with Crippen LogP contribution >= 0.6 is 0 Å². The summed E-state index contributed by atoms with van der Waals surface area (Å²) in [6.07, 6.45) is 5.44. The standard InChI is InChI=1S/C12H23NO/c1-3-13(4-2)10-9-11-7-5-6-8-12(11)14/h11H,3-10H2,1-2H3. The number of hydrogen-bond donors (Lipinski definition) is 0. The molecule has 1 atom stereocenters. The van der Waals surface area contributed by atoms with Crippen LogP contribution in [0.2, 0.25) is 0 Å². The van der Waals surface area contributed by atoms with Gasteiger partial charge < -0.3 is 4.90 Å². The molecule has 2 heteroatoms. The largest absolute Gasteiger partial charge is 0.304 e. The highest BCUT2D eigenvalue weighted by molar-refractivity contribution is 5.81. The number of ketones is 1. The maximum Gasteiger partial charge on any atom is 0.136 e. The van der Waals surface area contributed by atoms with Crippen LogP contribution in [0.4, 0.5) is 0 Å². The van der Waals surface area contributed by atoms with Crippen molar-refractivity contribution < 1.29 is 4.79 Å². The molecule has 0 N–H and O–H groups in total. The Morgan fingerprint density at radius 2 is 2.00 bits per heavy atom. The van der Waals surface area contributed by atoms with E-state index >= 15 is 0 Å². The Kier molecular flexibility index (Phi) is 5.16. The fourth-order valence-corrected chi connectivity index (χ4v) is 2.24. The van der Waals surface area contributed by atoms with Gasteiger partial charge in [-0.25, -0.2) is 0 Å². The van der Waals surface area contributed by atoms with Gasteiger partial charge in [0.2, 0.25) is 0 Å². The van der Waals surface area contributed by atoms with Crippen molar-refractivity contribution in [2.24, 2.45) is 5.92 Å². The van der Waals surface area contributed by atoms with Gasteiger partial charge in [-0.05, 0) is 38.9 Å². The lowest BCUT2D eigenvalue weighted by Crippen LogP contribution is -2.28. The highest BCUT2D eigenvalue weighted by Gasteiger charge is 2.21. The molecular formula is C12H23NO. The first-order chi connectivity index (χ1) is 6.77. The van der Waals surface area contributed by atoms with Crippen LogP contribution in [-0.2, 0) is 4.79 Å². The third kappa shape index (κ3) is 3.41. The lowest BCUT2D eigenvalue weighted by Gasteiger charge is -2.24. The van der Waals surface area contributed by atoms with Crippen molar-refractivity contribution in [1.82, 2.24) is 4.90 Å². The fraction of sp³-hybridized carbons (Fsp3) is 0.917. The number of carbonyl (C=O) groups excluding carboxylic acids is 1. The molecule has 1 unspecified atom stereocenters. The first-order valence-electron chi connectivity index (χ1n) is 6.03. The third-order valence-electron chi connectivity index (χ3n) is 3.37. The van der Waals surface area contributed by atoms with Gasteiger partial charge in [-0.15, -0.1) is 0 Å². The normalized spacial score (nSPS) is 23.1. The van der Waals surface area contributed by atoms with Crippen molar-refractivity contribution in [3.8, 4) is 0 Å². The second-order valence-corrected chi connectivity index (χ2v) is 4.22. The molecule has 0 aliphatic heterocycles. The van der Waals surface area contributed by atoms with Gasteiger partial charge in [0, 0.05) is 12.3 Å². The molecule has 0 radical (unpaired) electrons. The van der Waals surface area contributed by atoms with E-state index in [1.54, 1.807) is 0 Å². The molecule has 0 spiro atoms. The number of hydrogen-bond acceptors (Lipinski definition) is 2. The molecule has 0 heterocycles. The molecule has 0 bridgehead atoms.